The van der Waals surface area contributed by atoms with Gasteiger partial charge in [0.15, 0.2) is 0 Å². The highest BCUT2D eigenvalue weighted by Gasteiger charge is 2.37. The van der Waals surface area contributed by atoms with E-state index in [-0.39, 0.29) is 36.7 Å². The minimum absolute atomic E-state index is 0.0309. The molecule has 0 spiro atoms. The lowest BCUT2D eigenvalue weighted by Gasteiger charge is -2.26. The van der Waals surface area contributed by atoms with Gasteiger partial charge in [0.2, 0.25) is 5.91 Å². The first-order valence-electron chi connectivity index (χ1n) is 12.0. The molecule has 8 nitrogen and oxygen atoms in total. The molecule has 1 aliphatic heterocycles. The number of benzene rings is 2. The van der Waals surface area contributed by atoms with Crippen LogP contribution in [0.4, 0.5) is 4.79 Å². The highest BCUT2D eigenvalue weighted by Crippen LogP contribution is 2.44. The summed E-state index contributed by atoms with van der Waals surface area (Å²) in [6.45, 7) is 3.30. The van der Waals surface area contributed by atoms with Crippen LogP contribution in [0.3, 0.4) is 0 Å². The summed E-state index contributed by atoms with van der Waals surface area (Å²) in [5.74, 6) is -1.15. The van der Waals surface area contributed by atoms with Crippen molar-refractivity contribution in [1.29, 1.82) is 0 Å². The predicted molar refractivity (Wildman–Crippen MR) is 132 cm³/mol. The number of fused-ring (bicyclic) bond motifs is 3. The number of likely N-dealkylation sites (tertiary alicyclic amines) is 1. The van der Waals surface area contributed by atoms with Crippen LogP contribution >= 0.6 is 0 Å². The molecule has 1 fully saturated rings. The molecule has 2 aromatic carbocycles. The van der Waals surface area contributed by atoms with Crippen LogP contribution in [0, 0.1) is 11.8 Å². The largest absolute Gasteiger partial charge is 0.481 e. The minimum atomic E-state index is -0.863. The summed E-state index contributed by atoms with van der Waals surface area (Å²) >= 11 is 0. The number of rotatable bonds is 8. The van der Waals surface area contributed by atoms with Gasteiger partial charge in [-0.3, -0.25) is 9.59 Å². The third kappa shape index (κ3) is 5.48. The summed E-state index contributed by atoms with van der Waals surface area (Å²) in [7, 11) is 3.67. The number of nitrogens with one attached hydrogen (secondary N) is 1. The van der Waals surface area contributed by atoms with E-state index in [4.69, 9.17) is 9.84 Å². The van der Waals surface area contributed by atoms with Gasteiger partial charge in [-0.15, -0.1) is 0 Å². The van der Waals surface area contributed by atoms with E-state index in [0.29, 0.717) is 19.6 Å². The van der Waals surface area contributed by atoms with E-state index in [0.717, 1.165) is 22.3 Å². The van der Waals surface area contributed by atoms with Crippen molar-refractivity contribution in [3.8, 4) is 11.1 Å². The zero-order valence-electron chi connectivity index (χ0n) is 20.4. The fourth-order valence-electron chi connectivity index (χ4n) is 5.26. The van der Waals surface area contributed by atoms with Crippen molar-refractivity contribution >= 4 is 18.0 Å². The number of alkyl carbamates (subject to hydrolysis) is 1. The lowest BCUT2D eigenvalue weighted by Crippen LogP contribution is -2.52. The molecule has 2 aromatic rings. The average Bonchev–Trinajstić information content (AvgIpc) is 3.33. The summed E-state index contributed by atoms with van der Waals surface area (Å²) in [4.78, 5) is 40.7. The Labute approximate surface area is 205 Å². The van der Waals surface area contributed by atoms with Gasteiger partial charge in [-0.1, -0.05) is 55.5 Å². The zero-order chi connectivity index (χ0) is 25.1. The zero-order valence-corrected chi connectivity index (χ0v) is 20.4. The molecule has 2 aliphatic rings. The lowest BCUT2D eigenvalue weighted by atomic mass is 9.95. The van der Waals surface area contributed by atoms with Crippen LogP contribution in [0.25, 0.3) is 11.1 Å². The van der Waals surface area contributed by atoms with Crippen molar-refractivity contribution in [3.05, 3.63) is 59.7 Å². The number of carbonyl (C=O) groups is 3. The predicted octanol–water partition coefficient (Wildman–Crippen LogP) is 3.02. The third-order valence-electron chi connectivity index (χ3n) is 7.00. The number of hydrogen-bond donors (Lipinski definition) is 2. The van der Waals surface area contributed by atoms with Crippen LogP contribution in [-0.2, 0) is 14.3 Å². The Morgan fingerprint density at radius 2 is 1.66 bits per heavy atom. The molecule has 186 valence electrons. The molecule has 0 aromatic heterocycles. The van der Waals surface area contributed by atoms with Crippen molar-refractivity contribution in [2.24, 2.45) is 11.8 Å². The Kier molecular flexibility index (Phi) is 7.40. The molecule has 4 rings (SSSR count). The van der Waals surface area contributed by atoms with Crippen molar-refractivity contribution in [2.45, 2.75) is 25.3 Å². The van der Waals surface area contributed by atoms with Gasteiger partial charge in [0.05, 0.1) is 6.42 Å². The number of nitrogens with zero attached hydrogens (tertiary/aromatic N) is 2. The lowest BCUT2D eigenvalue weighted by molar-refractivity contribution is -0.139. The number of ether oxygens (including phenoxy) is 1. The van der Waals surface area contributed by atoms with Gasteiger partial charge < -0.3 is 25.0 Å². The number of aliphatic carboxylic acids is 1. The first-order valence-corrected chi connectivity index (χ1v) is 12.0. The van der Waals surface area contributed by atoms with E-state index in [9.17, 15) is 14.4 Å². The normalized spacial score (nSPS) is 19.8. The molecule has 35 heavy (non-hydrogen) atoms. The molecule has 0 bridgehead atoms. The number of carbonyl (C=O) groups excluding carboxylic acids is 2. The maximum Gasteiger partial charge on any atom is 0.407 e. The summed E-state index contributed by atoms with van der Waals surface area (Å²) in [5.41, 5.74) is 4.55. The van der Waals surface area contributed by atoms with Gasteiger partial charge >= 0.3 is 12.1 Å². The average molecular weight is 480 g/mol. The van der Waals surface area contributed by atoms with Crippen molar-refractivity contribution in [1.82, 2.24) is 15.1 Å². The molecular weight excluding hydrogens is 446 g/mol. The van der Waals surface area contributed by atoms with Crippen LogP contribution in [0.1, 0.15) is 30.4 Å². The van der Waals surface area contributed by atoms with Crippen LogP contribution in [-0.4, -0.2) is 79.3 Å². The standard InChI is InChI=1S/C27H33N3O5/c1-17-13-30(14-18(17)12-25(31)32)26(33)24(15-29(2)3)28-27(34)35-16-23-21-10-6-4-8-19(21)20-9-5-7-11-22(20)23/h4-11,17-18,23-24H,12-16H2,1-3H3,(H,28,34)(H,31,32)/t17-,18-,24?/m1/s1. The van der Waals surface area contributed by atoms with Gasteiger partial charge in [0, 0.05) is 25.6 Å². The summed E-state index contributed by atoms with van der Waals surface area (Å²) in [6.07, 6.45) is -0.607. The van der Waals surface area contributed by atoms with Gasteiger partial charge in [-0.2, -0.15) is 0 Å². The van der Waals surface area contributed by atoms with Crippen LogP contribution < -0.4 is 5.32 Å². The number of hydrogen-bond acceptors (Lipinski definition) is 5. The van der Waals surface area contributed by atoms with E-state index in [2.05, 4.69) is 29.6 Å². The summed E-state index contributed by atoms with van der Waals surface area (Å²) in [5, 5.41) is 11.9. The number of likely N-dealkylation sites (N-methyl/N-ethyl adjacent to an activating group) is 1. The fraction of sp³-hybridized carbons (Fsp3) is 0.444. The van der Waals surface area contributed by atoms with Crippen molar-refractivity contribution in [2.75, 3.05) is 40.3 Å². The quantitative estimate of drug-likeness (QED) is 0.604. The number of amides is 2. The monoisotopic (exact) mass is 479 g/mol. The van der Waals surface area contributed by atoms with Crippen LogP contribution in [0.15, 0.2) is 48.5 Å². The molecule has 1 heterocycles. The van der Waals surface area contributed by atoms with E-state index in [1.807, 2.05) is 50.2 Å². The molecule has 8 heteroatoms. The molecule has 1 aliphatic carbocycles. The van der Waals surface area contributed by atoms with E-state index < -0.39 is 18.1 Å². The Bertz CT molecular complexity index is 1060. The summed E-state index contributed by atoms with van der Waals surface area (Å²) in [6, 6.07) is 15.5. The second-order valence-electron chi connectivity index (χ2n) is 9.86. The molecular formula is C27H33N3O5. The van der Waals surface area contributed by atoms with E-state index >= 15 is 0 Å². The Morgan fingerprint density at radius 3 is 2.23 bits per heavy atom. The molecule has 0 saturated carbocycles. The Balaban J connectivity index is 1.41. The number of carboxylic acids is 1. The molecule has 1 unspecified atom stereocenters. The summed E-state index contributed by atoms with van der Waals surface area (Å²) < 4.78 is 5.64. The maximum atomic E-state index is 13.3. The van der Waals surface area contributed by atoms with Crippen LogP contribution in [0.2, 0.25) is 0 Å². The third-order valence-corrected chi connectivity index (χ3v) is 7.00. The van der Waals surface area contributed by atoms with E-state index in [1.165, 1.54) is 0 Å². The molecule has 3 atom stereocenters. The van der Waals surface area contributed by atoms with E-state index in [1.54, 1.807) is 4.90 Å². The second-order valence-corrected chi connectivity index (χ2v) is 9.86. The molecule has 1 saturated heterocycles. The van der Waals surface area contributed by atoms with Crippen molar-refractivity contribution < 1.29 is 24.2 Å². The van der Waals surface area contributed by atoms with Crippen molar-refractivity contribution in [3.63, 3.8) is 0 Å². The van der Waals surface area contributed by atoms with Gasteiger partial charge in [-0.05, 0) is 48.2 Å². The first kappa shape index (κ1) is 24.7. The Morgan fingerprint density at radius 1 is 1.06 bits per heavy atom. The highest BCUT2D eigenvalue weighted by atomic mass is 16.5. The topological polar surface area (TPSA) is 99.2 Å². The molecule has 2 N–H and O–H groups in total. The van der Waals surface area contributed by atoms with Crippen LogP contribution in [0.5, 0.6) is 0 Å². The molecule has 2 amide bonds. The second kappa shape index (κ2) is 10.5. The Hall–Kier alpha value is -3.39. The molecule has 0 radical (unpaired) electrons. The minimum Gasteiger partial charge on any atom is -0.481 e. The van der Waals surface area contributed by atoms with Gasteiger partial charge in [0.1, 0.15) is 12.6 Å². The van der Waals surface area contributed by atoms with Gasteiger partial charge in [0.25, 0.3) is 0 Å². The fourth-order valence-corrected chi connectivity index (χ4v) is 5.26. The number of carboxylic acid groups (broad SMARTS) is 1. The van der Waals surface area contributed by atoms with Gasteiger partial charge in [-0.25, -0.2) is 4.79 Å². The first-order chi connectivity index (χ1) is 16.7. The highest BCUT2D eigenvalue weighted by molar-refractivity contribution is 5.86. The maximum absolute atomic E-state index is 13.3. The smallest absolute Gasteiger partial charge is 0.407 e. The SMILES string of the molecule is C[C@@H]1CN(C(=O)C(CN(C)C)NC(=O)OCC2c3ccccc3-c3ccccc32)C[C@H]1CC(=O)O.